The van der Waals surface area contributed by atoms with Gasteiger partial charge in [-0.3, -0.25) is 4.79 Å². The van der Waals surface area contributed by atoms with Gasteiger partial charge < -0.3 is 4.74 Å². The summed E-state index contributed by atoms with van der Waals surface area (Å²) in [6.45, 7) is 7.73. The van der Waals surface area contributed by atoms with E-state index in [1.807, 2.05) is 20.8 Å². The molecule has 0 bridgehead atoms. The molecule has 0 spiro atoms. The first-order valence-electron chi connectivity index (χ1n) is 11.7. The van der Waals surface area contributed by atoms with Crippen molar-refractivity contribution in [3.63, 3.8) is 0 Å². The van der Waals surface area contributed by atoms with Crippen LogP contribution in [-0.4, -0.2) is 17.6 Å². The van der Waals surface area contributed by atoms with E-state index in [2.05, 4.69) is 36.4 Å². The second-order valence-corrected chi connectivity index (χ2v) is 8.92. The third-order valence-electron chi connectivity index (χ3n) is 4.71. The molecule has 1 unspecified atom stereocenters. The van der Waals surface area contributed by atoms with Crippen molar-refractivity contribution < 1.29 is 9.53 Å². The molecule has 0 aliphatic heterocycles. The summed E-state index contributed by atoms with van der Waals surface area (Å²) in [5.41, 5.74) is -0.510. The maximum absolute atomic E-state index is 11.8. The average molecular weight is 408 g/mol. The summed E-state index contributed by atoms with van der Waals surface area (Å²) in [6, 6.07) is -0.451. The van der Waals surface area contributed by atoms with Crippen molar-refractivity contribution in [1.29, 1.82) is 0 Å². The zero-order valence-corrected chi connectivity index (χ0v) is 19.5. The fourth-order valence-electron chi connectivity index (χ4n) is 3.14. The van der Waals surface area contributed by atoms with Gasteiger partial charge in [-0.2, -0.15) is 4.91 Å². The Labute approximate surface area is 179 Å². The molecule has 0 rings (SSSR count). The molecule has 0 amide bonds. The Kier molecular flexibility index (Phi) is 17.6. The zero-order chi connectivity index (χ0) is 21.8. The van der Waals surface area contributed by atoms with Gasteiger partial charge in [0, 0.05) is 0 Å². The molecule has 0 aliphatic rings. The second kappa shape index (κ2) is 18.6. The summed E-state index contributed by atoms with van der Waals surface area (Å²) in [7, 11) is 0. The number of unbranched alkanes of at least 4 members (excludes halogenated alkanes) is 9. The summed E-state index contributed by atoms with van der Waals surface area (Å²) < 4.78 is 5.25. The van der Waals surface area contributed by atoms with E-state index in [0.717, 1.165) is 25.7 Å². The third kappa shape index (κ3) is 21.1. The molecule has 4 nitrogen and oxygen atoms in total. The number of allylic oxidation sites excluding steroid dienone is 4. The number of rotatable bonds is 18. The minimum atomic E-state index is -0.510. The van der Waals surface area contributed by atoms with Crippen LogP contribution in [0.3, 0.4) is 0 Å². The fourth-order valence-corrected chi connectivity index (χ4v) is 3.14. The van der Waals surface area contributed by atoms with E-state index in [-0.39, 0.29) is 12.4 Å². The van der Waals surface area contributed by atoms with E-state index >= 15 is 0 Å². The molecule has 0 aromatic heterocycles. The molecule has 0 aromatic carbocycles. The Hall–Kier alpha value is -1.45. The maximum Gasteiger partial charge on any atom is 0.308 e. The minimum Gasteiger partial charge on any atom is -0.460 e. The molecule has 0 saturated carbocycles. The van der Waals surface area contributed by atoms with Crippen LogP contribution in [0.2, 0.25) is 0 Å². The normalized spacial score (nSPS) is 13.2. The summed E-state index contributed by atoms with van der Waals surface area (Å²) >= 11 is 0. The second-order valence-electron chi connectivity index (χ2n) is 8.92. The SMILES string of the molecule is CCCCCC/C=C\C/C=C\CCCCCCCC(CC(=O)OC(C)(C)C)N=O. The molecular weight excluding hydrogens is 362 g/mol. The van der Waals surface area contributed by atoms with Gasteiger partial charge in [0.15, 0.2) is 0 Å². The molecule has 0 radical (unpaired) electrons. The molecule has 0 heterocycles. The molecule has 0 saturated heterocycles. The van der Waals surface area contributed by atoms with Crippen molar-refractivity contribution in [3.05, 3.63) is 29.2 Å². The van der Waals surface area contributed by atoms with Crippen LogP contribution in [0.5, 0.6) is 0 Å². The van der Waals surface area contributed by atoms with Gasteiger partial charge in [-0.1, -0.05) is 81.4 Å². The van der Waals surface area contributed by atoms with E-state index in [0.29, 0.717) is 6.42 Å². The molecule has 0 N–H and O–H groups in total. The molecule has 0 aromatic rings. The van der Waals surface area contributed by atoms with Crippen LogP contribution in [-0.2, 0) is 9.53 Å². The third-order valence-corrected chi connectivity index (χ3v) is 4.71. The first-order chi connectivity index (χ1) is 13.9. The van der Waals surface area contributed by atoms with Crippen molar-refractivity contribution >= 4 is 5.97 Å². The van der Waals surface area contributed by atoms with Crippen LogP contribution in [0, 0.1) is 4.91 Å². The van der Waals surface area contributed by atoms with Gasteiger partial charge in [-0.05, 0) is 59.3 Å². The molecule has 0 aliphatic carbocycles. The molecule has 168 valence electrons. The number of carbonyl (C=O) groups excluding carboxylic acids is 1. The fraction of sp³-hybridized carbons (Fsp3) is 0.800. The topological polar surface area (TPSA) is 55.7 Å². The van der Waals surface area contributed by atoms with Gasteiger partial charge in [0.1, 0.15) is 11.6 Å². The summed E-state index contributed by atoms with van der Waals surface area (Å²) in [4.78, 5) is 22.7. The summed E-state index contributed by atoms with van der Waals surface area (Å²) in [5.74, 6) is -0.333. The molecular formula is C25H45NO3. The number of ether oxygens (including phenoxy) is 1. The number of carbonyl (C=O) groups is 1. The van der Waals surface area contributed by atoms with Crippen molar-refractivity contribution in [2.75, 3.05) is 0 Å². The van der Waals surface area contributed by atoms with Crippen molar-refractivity contribution in [2.45, 2.75) is 129 Å². The van der Waals surface area contributed by atoms with E-state index in [1.54, 1.807) is 0 Å². The first kappa shape index (κ1) is 27.5. The highest BCUT2D eigenvalue weighted by molar-refractivity contribution is 5.70. The van der Waals surface area contributed by atoms with Crippen molar-refractivity contribution in [2.24, 2.45) is 5.18 Å². The Bertz CT molecular complexity index is 463. The Balaban J connectivity index is 3.56. The van der Waals surface area contributed by atoms with Gasteiger partial charge in [0.05, 0.1) is 6.42 Å². The monoisotopic (exact) mass is 407 g/mol. The number of hydrogen-bond acceptors (Lipinski definition) is 4. The lowest BCUT2D eigenvalue weighted by atomic mass is 10.0. The number of hydrogen-bond donors (Lipinski definition) is 0. The minimum absolute atomic E-state index is 0.0960. The predicted molar refractivity (Wildman–Crippen MR) is 124 cm³/mol. The van der Waals surface area contributed by atoms with Crippen LogP contribution >= 0.6 is 0 Å². The number of nitroso groups, excluding NO2 is 1. The number of esters is 1. The van der Waals surface area contributed by atoms with Crippen molar-refractivity contribution in [3.8, 4) is 0 Å². The molecule has 0 fully saturated rings. The van der Waals surface area contributed by atoms with Crippen LogP contribution in [0.4, 0.5) is 0 Å². The zero-order valence-electron chi connectivity index (χ0n) is 19.5. The first-order valence-corrected chi connectivity index (χ1v) is 11.7. The van der Waals surface area contributed by atoms with Gasteiger partial charge >= 0.3 is 5.97 Å². The Morgan fingerprint density at radius 2 is 1.41 bits per heavy atom. The Morgan fingerprint density at radius 1 is 0.862 bits per heavy atom. The van der Waals surface area contributed by atoms with Crippen LogP contribution in [0.25, 0.3) is 0 Å². The largest absolute Gasteiger partial charge is 0.460 e. The van der Waals surface area contributed by atoms with E-state index in [9.17, 15) is 9.70 Å². The highest BCUT2D eigenvalue weighted by atomic mass is 16.6. The maximum atomic E-state index is 11.8. The van der Waals surface area contributed by atoms with Crippen LogP contribution in [0.15, 0.2) is 29.5 Å². The molecule has 29 heavy (non-hydrogen) atoms. The highest BCUT2D eigenvalue weighted by Gasteiger charge is 2.20. The van der Waals surface area contributed by atoms with E-state index < -0.39 is 11.6 Å². The quantitative estimate of drug-likeness (QED) is 0.0999. The highest BCUT2D eigenvalue weighted by Crippen LogP contribution is 2.15. The predicted octanol–water partition coefficient (Wildman–Crippen LogP) is 8.06. The van der Waals surface area contributed by atoms with Gasteiger partial charge in [0.25, 0.3) is 0 Å². The lowest BCUT2D eigenvalue weighted by Gasteiger charge is -2.20. The summed E-state index contributed by atoms with van der Waals surface area (Å²) in [6.07, 6.45) is 24.3. The van der Waals surface area contributed by atoms with Gasteiger partial charge in [-0.25, -0.2) is 0 Å². The van der Waals surface area contributed by atoms with E-state index in [4.69, 9.17) is 4.74 Å². The standard InChI is InChI=1S/C25H45NO3/c1-5-6-7-8-9-10-11-12-13-14-15-16-17-18-19-20-21-23(26-28)22-24(27)29-25(2,3)4/h10-11,13-14,23H,5-9,12,15-22H2,1-4H3/b11-10-,14-13-. The van der Waals surface area contributed by atoms with Crippen LogP contribution in [0.1, 0.15) is 118 Å². The smallest absolute Gasteiger partial charge is 0.308 e. The van der Waals surface area contributed by atoms with Crippen molar-refractivity contribution in [1.82, 2.24) is 0 Å². The van der Waals surface area contributed by atoms with E-state index in [1.165, 1.54) is 51.4 Å². The van der Waals surface area contributed by atoms with Gasteiger partial charge in [0.2, 0.25) is 0 Å². The summed E-state index contributed by atoms with van der Waals surface area (Å²) in [5, 5.41) is 3.10. The lowest BCUT2D eigenvalue weighted by molar-refractivity contribution is -0.155. The molecule has 4 heteroatoms. The number of nitrogens with zero attached hydrogens (tertiary/aromatic N) is 1. The Morgan fingerprint density at radius 3 is 1.97 bits per heavy atom. The van der Waals surface area contributed by atoms with Gasteiger partial charge in [-0.15, -0.1) is 0 Å². The molecule has 1 atom stereocenters. The van der Waals surface area contributed by atoms with Crippen LogP contribution < -0.4 is 0 Å². The lowest BCUT2D eigenvalue weighted by Crippen LogP contribution is -2.26. The average Bonchev–Trinajstić information content (AvgIpc) is 2.65.